The number of amides is 1. The molecule has 0 heterocycles. The van der Waals surface area contributed by atoms with Crippen LogP contribution < -0.4 is 11.1 Å². The quantitative estimate of drug-likeness (QED) is 0.679. The average molecular weight is 260 g/mol. The van der Waals surface area contributed by atoms with Gasteiger partial charge in [0.05, 0.1) is 18.6 Å². The van der Waals surface area contributed by atoms with Crippen molar-refractivity contribution in [2.75, 3.05) is 6.61 Å². The summed E-state index contributed by atoms with van der Waals surface area (Å²) in [4.78, 5) is 12.0. The van der Waals surface area contributed by atoms with Gasteiger partial charge in [-0.25, -0.2) is 0 Å². The summed E-state index contributed by atoms with van der Waals surface area (Å²) in [5.74, 6) is -0.223. The van der Waals surface area contributed by atoms with Crippen LogP contribution in [0.15, 0.2) is 42.5 Å². The topological polar surface area (TPSA) is 75.4 Å². The molecule has 1 amide bonds. The highest BCUT2D eigenvalue weighted by Gasteiger charge is 2.24. The largest absolute Gasteiger partial charge is 0.394 e. The van der Waals surface area contributed by atoms with Gasteiger partial charge < -0.3 is 16.2 Å². The lowest BCUT2D eigenvalue weighted by Gasteiger charge is -2.18. The zero-order chi connectivity index (χ0) is 13.7. The summed E-state index contributed by atoms with van der Waals surface area (Å²) in [5, 5.41) is 12.3. The van der Waals surface area contributed by atoms with Gasteiger partial charge in [0, 0.05) is 6.04 Å². The van der Waals surface area contributed by atoms with Gasteiger partial charge >= 0.3 is 0 Å². The zero-order valence-corrected chi connectivity index (χ0v) is 10.8. The fourth-order valence-corrected chi connectivity index (χ4v) is 2.29. The van der Waals surface area contributed by atoms with Crippen molar-refractivity contribution < 1.29 is 9.90 Å². The Kier molecular flexibility index (Phi) is 4.71. The Morgan fingerprint density at radius 2 is 2.11 bits per heavy atom. The maximum Gasteiger partial charge on any atom is 0.227 e. The van der Waals surface area contributed by atoms with Gasteiger partial charge in [0.2, 0.25) is 5.91 Å². The first-order valence-corrected chi connectivity index (χ1v) is 6.58. The van der Waals surface area contributed by atoms with Crippen molar-refractivity contribution in [3.8, 4) is 0 Å². The minimum Gasteiger partial charge on any atom is -0.394 e. The fourth-order valence-electron chi connectivity index (χ4n) is 2.29. The Morgan fingerprint density at radius 3 is 2.68 bits per heavy atom. The Labute approximate surface area is 113 Å². The van der Waals surface area contributed by atoms with E-state index >= 15 is 0 Å². The Balaban J connectivity index is 1.89. The lowest BCUT2D eigenvalue weighted by atomic mass is 10.0. The van der Waals surface area contributed by atoms with Crippen LogP contribution in [0.1, 0.15) is 12.0 Å². The van der Waals surface area contributed by atoms with Gasteiger partial charge in [-0.15, -0.1) is 0 Å². The summed E-state index contributed by atoms with van der Waals surface area (Å²) in [6.45, 7) is -0.0663. The Bertz CT molecular complexity index is 445. The maximum atomic E-state index is 12.0. The highest BCUT2D eigenvalue weighted by molar-refractivity contribution is 5.81. The van der Waals surface area contributed by atoms with Crippen LogP contribution in [0.25, 0.3) is 0 Å². The van der Waals surface area contributed by atoms with E-state index in [9.17, 15) is 9.90 Å². The lowest BCUT2D eigenvalue weighted by Crippen LogP contribution is -2.42. The lowest BCUT2D eigenvalue weighted by molar-refractivity contribution is -0.124. The first-order valence-electron chi connectivity index (χ1n) is 6.58. The number of carbonyl (C=O) groups excluding carboxylic acids is 1. The molecule has 0 aliphatic heterocycles. The monoisotopic (exact) mass is 260 g/mol. The molecule has 1 aliphatic carbocycles. The zero-order valence-electron chi connectivity index (χ0n) is 10.8. The minimum atomic E-state index is -0.250. The van der Waals surface area contributed by atoms with E-state index < -0.39 is 0 Å². The SMILES string of the molecule is NC1C=CC(C(=O)NC(CO)Cc2ccccc2)C1. The van der Waals surface area contributed by atoms with Crippen LogP contribution in [-0.4, -0.2) is 29.7 Å². The number of rotatable bonds is 5. The molecule has 1 aromatic carbocycles. The molecule has 3 unspecified atom stereocenters. The second-order valence-corrected chi connectivity index (χ2v) is 4.97. The van der Waals surface area contributed by atoms with E-state index in [1.807, 2.05) is 42.5 Å². The third kappa shape index (κ3) is 3.91. The van der Waals surface area contributed by atoms with E-state index in [0.29, 0.717) is 12.8 Å². The van der Waals surface area contributed by atoms with E-state index in [0.717, 1.165) is 5.56 Å². The number of hydrogen-bond acceptors (Lipinski definition) is 3. The van der Waals surface area contributed by atoms with Gasteiger partial charge in [-0.05, 0) is 18.4 Å². The number of hydrogen-bond donors (Lipinski definition) is 3. The molecule has 4 heteroatoms. The number of aliphatic hydroxyl groups excluding tert-OH is 1. The van der Waals surface area contributed by atoms with Gasteiger partial charge in [0.25, 0.3) is 0 Å². The van der Waals surface area contributed by atoms with Crippen molar-refractivity contribution in [1.82, 2.24) is 5.32 Å². The first-order chi connectivity index (χ1) is 9.19. The number of carbonyl (C=O) groups is 1. The molecule has 102 valence electrons. The molecule has 0 saturated carbocycles. The summed E-state index contributed by atoms with van der Waals surface area (Å²) < 4.78 is 0. The molecule has 4 N–H and O–H groups in total. The second-order valence-electron chi connectivity index (χ2n) is 4.97. The molecule has 0 radical (unpaired) electrons. The van der Waals surface area contributed by atoms with E-state index in [1.54, 1.807) is 0 Å². The normalized spacial score (nSPS) is 23.3. The summed E-state index contributed by atoms with van der Waals surface area (Å²) in [6.07, 6.45) is 4.98. The maximum absolute atomic E-state index is 12.0. The number of aliphatic hydroxyl groups is 1. The summed E-state index contributed by atoms with van der Waals surface area (Å²) >= 11 is 0. The van der Waals surface area contributed by atoms with Crippen molar-refractivity contribution in [3.05, 3.63) is 48.0 Å². The van der Waals surface area contributed by atoms with Gasteiger partial charge in [-0.2, -0.15) is 0 Å². The molecule has 0 fully saturated rings. The van der Waals surface area contributed by atoms with Crippen LogP contribution in [0.3, 0.4) is 0 Å². The third-order valence-electron chi connectivity index (χ3n) is 3.35. The van der Waals surface area contributed by atoms with Crippen LogP contribution in [0.4, 0.5) is 0 Å². The predicted octanol–water partition coefficient (Wildman–Crippen LogP) is 0.610. The minimum absolute atomic E-state index is 0.0301. The van der Waals surface area contributed by atoms with Crippen molar-refractivity contribution in [3.63, 3.8) is 0 Å². The summed E-state index contributed by atoms with van der Waals surface area (Å²) in [5.41, 5.74) is 6.83. The molecule has 0 bridgehead atoms. The average Bonchev–Trinajstić information content (AvgIpc) is 2.86. The van der Waals surface area contributed by atoms with E-state index in [-0.39, 0.29) is 30.5 Å². The molecule has 4 nitrogen and oxygen atoms in total. The van der Waals surface area contributed by atoms with Gasteiger partial charge in [0.1, 0.15) is 0 Å². The molecule has 0 saturated heterocycles. The molecule has 1 aliphatic rings. The molecular formula is C15H20N2O2. The molecule has 3 atom stereocenters. The molecule has 0 aromatic heterocycles. The van der Waals surface area contributed by atoms with Crippen molar-refractivity contribution >= 4 is 5.91 Å². The van der Waals surface area contributed by atoms with E-state index in [2.05, 4.69) is 5.32 Å². The molecule has 1 aromatic rings. The Hall–Kier alpha value is -1.65. The standard InChI is InChI=1S/C15H20N2O2/c16-13-7-6-12(9-13)15(19)17-14(10-18)8-11-4-2-1-3-5-11/h1-7,12-14,18H,8-10,16H2,(H,17,19). The summed E-state index contributed by atoms with van der Waals surface area (Å²) in [7, 11) is 0. The smallest absolute Gasteiger partial charge is 0.227 e. The molecule has 19 heavy (non-hydrogen) atoms. The number of nitrogens with one attached hydrogen (secondary N) is 1. The van der Waals surface area contributed by atoms with Gasteiger partial charge in [-0.3, -0.25) is 4.79 Å². The highest BCUT2D eigenvalue weighted by atomic mass is 16.3. The van der Waals surface area contributed by atoms with Crippen LogP contribution in [-0.2, 0) is 11.2 Å². The fraction of sp³-hybridized carbons (Fsp3) is 0.400. The van der Waals surface area contributed by atoms with Crippen LogP contribution in [0.2, 0.25) is 0 Å². The molecule has 2 rings (SSSR count). The van der Waals surface area contributed by atoms with Crippen LogP contribution in [0.5, 0.6) is 0 Å². The van der Waals surface area contributed by atoms with Gasteiger partial charge in [0.15, 0.2) is 0 Å². The van der Waals surface area contributed by atoms with Crippen molar-refractivity contribution in [2.24, 2.45) is 11.7 Å². The second kappa shape index (κ2) is 6.50. The van der Waals surface area contributed by atoms with Crippen molar-refractivity contribution in [2.45, 2.75) is 24.9 Å². The third-order valence-corrected chi connectivity index (χ3v) is 3.35. The Morgan fingerprint density at radius 1 is 1.37 bits per heavy atom. The molecule has 0 spiro atoms. The number of nitrogens with two attached hydrogens (primary N) is 1. The van der Waals surface area contributed by atoms with Crippen molar-refractivity contribution in [1.29, 1.82) is 0 Å². The first kappa shape index (κ1) is 13.8. The van der Waals surface area contributed by atoms with Crippen LogP contribution in [0, 0.1) is 5.92 Å². The predicted molar refractivity (Wildman–Crippen MR) is 74.4 cm³/mol. The summed E-state index contributed by atoms with van der Waals surface area (Å²) in [6, 6.07) is 9.54. The molecular weight excluding hydrogens is 240 g/mol. The van der Waals surface area contributed by atoms with Gasteiger partial charge in [-0.1, -0.05) is 42.5 Å². The highest BCUT2D eigenvalue weighted by Crippen LogP contribution is 2.16. The van der Waals surface area contributed by atoms with Crippen LogP contribution >= 0.6 is 0 Å². The van der Waals surface area contributed by atoms with E-state index in [4.69, 9.17) is 5.73 Å². The number of benzene rings is 1. The van der Waals surface area contributed by atoms with E-state index in [1.165, 1.54) is 0 Å².